The zero-order valence-corrected chi connectivity index (χ0v) is 11.2. The van der Waals surface area contributed by atoms with Crippen LogP contribution in [0.2, 0.25) is 0 Å². The SMILES string of the molecule is Cc1noc(C2CC(F)(F)CN2C(=O)Cn2ccnc2)n1. The lowest BCUT2D eigenvalue weighted by molar-refractivity contribution is -0.134. The first kappa shape index (κ1) is 13.7. The molecule has 1 aliphatic rings. The molecular weight excluding hydrogens is 284 g/mol. The molecule has 9 heteroatoms. The van der Waals surface area contributed by atoms with Crippen molar-refractivity contribution in [3.63, 3.8) is 0 Å². The van der Waals surface area contributed by atoms with Crippen LogP contribution in [0.4, 0.5) is 8.78 Å². The molecule has 1 aliphatic heterocycles. The Bertz CT molecular complexity index is 640. The van der Waals surface area contributed by atoms with Gasteiger partial charge < -0.3 is 14.0 Å². The van der Waals surface area contributed by atoms with Crippen LogP contribution >= 0.6 is 0 Å². The fraction of sp³-hybridized carbons (Fsp3) is 0.500. The fourth-order valence-corrected chi connectivity index (χ4v) is 2.38. The van der Waals surface area contributed by atoms with Crippen LogP contribution in [0.25, 0.3) is 0 Å². The second-order valence-corrected chi connectivity index (χ2v) is 5.01. The third-order valence-electron chi connectivity index (χ3n) is 3.30. The molecule has 2 aromatic heterocycles. The number of halogens is 2. The van der Waals surface area contributed by atoms with Gasteiger partial charge in [-0.1, -0.05) is 5.16 Å². The summed E-state index contributed by atoms with van der Waals surface area (Å²) >= 11 is 0. The van der Waals surface area contributed by atoms with Gasteiger partial charge in [0, 0.05) is 18.8 Å². The minimum atomic E-state index is -2.96. The Morgan fingerprint density at radius 1 is 1.57 bits per heavy atom. The van der Waals surface area contributed by atoms with Gasteiger partial charge >= 0.3 is 0 Å². The van der Waals surface area contributed by atoms with Gasteiger partial charge in [-0.3, -0.25) is 4.79 Å². The first-order valence-corrected chi connectivity index (χ1v) is 6.38. The van der Waals surface area contributed by atoms with Crippen LogP contribution in [-0.2, 0) is 11.3 Å². The third-order valence-corrected chi connectivity index (χ3v) is 3.30. The molecule has 1 atom stereocenters. The number of amides is 1. The maximum Gasteiger partial charge on any atom is 0.267 e. The highest BCUT2D eigenvalue weighted by molar-refractivity contribution is 5.77. The van der Waals surface area contributed by atoms with Gasteiger partial charge in [0.2, 0.25) is 11.8 Å². The number of likely N-dealkylation sites (tertiary alicyclic amines) is 1. The minimum absolute atomic E-state index is 0.0451. The quantitative estimate of drug-likeness (QED) is 0.850. The number of aryl methyl sites for hydroxylation is 1. The summed E-state index contributed by atoms with van der Waals surface area (Å²) in [7, 11) is 0. The van der Waals surface area contributed by atoms with E-state index in [2.05, 4.69) is 15.1 Å². The zero-order valence-electron chi connectivity index (χ0n) is 11.2. The third kappa shape index (κ3) is 2.76. The smallest absolute Gasteiger partial charge is 0.267 e. The second-order valence-electron chi connectivity index (χ2n) is 5.01. The van der Waals surface area contributed by atoms with Crippen molar-refractivity contribution in [1.29, 1.82) is 0 Å². The average Bonchev–Trinajstić information content (AvgIpc) is 3.09. The lowest BCUT2D eigenvalue weighted by atomic mass is 10.2. The van der Waals surface area contributed by atoms with Crippen molar-refractivity contribution in [2.45, 2.75) is 31.9 Å². The molecule has 1 fully saturated rings. The summed E-state index contributed by atoms with van der Waals surface area (Å²) < 4.78 is 33.8. The van der Waals surface area contributed by atoms with E-state index in [1.807, 2.05) is 0 Å². The Hall–Kier alpha value is -2.32. The molecule has 7 nitrogen and oxygen atoms in total. The Labute approximate surface area is 118 Å². The number of hydrogen-bond donors (Lipinski definition) is 0. The number of rotatable bonds is 3. The molecule has 0 aliphatic carbocycles. The van der Waals surface area contributed by atoms with Crippen molar-refractivity contribution in [2.75, 3.05) is 6.54 Å². The largest absolute Gasteiger partial charge is 0.337 e. The number of nitrogens with zero attached hydrogens (tertiary/aromatic N) is 5. The van der Waals surface area contributed by atoms with Gasteiger partial charge in [0.15, 0.2) is 5.82 Å². The highest BCUT2D eigenvalue weighted by Gasteiger charge is 2.49. The molecule has 2 aromatic rings. The van der Waals surface area contributed by atoms with Crippen LogP contribution in [0.15, 0.2) is 23.2 Å². The molecule has 1 amide bonds. The van der Waals surface area contributed by atoms with Crippen LogP contribution in [0.5, 0.6) is 0 Å². The van der Waals surface area contributed by atoms with E-state index in [-0.39, 0.29) is 12.4 Å². The van der Waals surface area contributed by atoms with Gasteiger partial charge in [0.05, 0.1) is 12.9 Å². The number of alkyl halides is 2. The molecule has 3 heterocycles. The van der Waals surface area contributed by atoms with E-state index in [1.165, 1.54) is 17.1 Å². The normalized spacial score (nSPS) is 20.9. The van der Waals surface area contributed by atoms with Gasteiger partial charge in [-0.05, 0) is 6.92 Å². The van der Waals surface area contributed by atoms with E-state index in [4.69, 9.17) is 4.52 Å². The first-order valence-electron chi connectivity index (χ1n) is 6.38. The molecule has 3 rings (SSSR count). The van der Waals surface area contributed by atoms with E-state index < -0.39 is 30.8 Å². The monoisotopic (exact) mass is 297 g/mol. The molecule has 1 unspecified atom stereocenters. The lowest BCUT2D eigenvalue weighted by Gasteiger charge is -2.21. The lowest BCUT2D eigenvalue weighted by Crippen LogP contribution is -2.35. The topological polar surface area (TPSA) is 77.0 Å². The van der Waals surface area contributed by atoms with Crippen molar-refractivity contribution in [1.82, 2.24) is 24.6 Å². The van der Waals surface area contributed by atoms with Crippen LogP contribution < -0.4 is 0 Å². The van der Waals surface area contributed by atoms with E-state index in [0.717, 1.165) is 4.90 Å². The van der Waals surface area contributed by atoms with Crippen molar-refractivity contribution in [2.24, 2.45) is 0 Å². The number of imidazole rings is 1. The highest BCUT2D eigenvalue weighted by atomic mass is 19.3. The Morgan fingerprint density at radius 2 is 2.38 bits per heavy atom. The van der Waals surface area contributed by atoms with E-state index in [1.54, 1.807) is 13.1 Å². The Kier molecular flexibility index (Phi) is 3.19. The molecule has 0 N–H and O–H groups in total. The predicted octanol–water partition coefficient (Wildman–Crippen LogP) is 1.18. The van der Waals surface area contributed by atoms with Crippen LogP contribution in [0.3, 0.4) is 0 Å². The molecule has 0 saturated carbocycles. The molecule has 21 heavy (non-hydrogen) atoms. The highest BCUT2D eigenvalue weighted by Crippen LogP contribution is 2.40. The standard InChI is InChI=1S/C12H13F2N5O2/c1-8-16-11(21-17-8)9-4-12(13,14)6-19(9)10(20)5-18-3-2-15-7-18/h2-3,7,9H,4-6H2,1H3. The van der Waals surface area contributed by atoms with Gasteiger partial charge in [0.25, 0.3) is 5.92 Å². The predicted molar refractivity (Wildman–Crippen MR) is 65.3 cm³/mol. The van der Waals surface area contributed by atoms with E-state index in [9.17, 15) is 13.6 Å². The van der Waals surface area contributed by atoms with E-state index >= 15 is 0 Å². The van der Waals surface area contributed by atoms with Crippen molar-refractivity contribution < 1.29 is 18.1 Å². The zero-order chi connectivity index (χ0) is 15.0. The maximum absolute atomic E-state index is 13.7. The fourth-order valence-electron chi connectivity index (χ4n) is 2.38. The summed E-state index contributed by atoms with van der Waals surface area (Å²) in [5.74, 6) is -3.01. The van der Waals surface area contributed by atoms with Crippen LogP contribution in [-0.4, -0.2) is 43.0 Å². The molecule has 0 radical (unpaired) electrons. The number of hydrogen-bond acceptors (Lipinski definition) is 5. The van der Waals surface area contributed by atoms with Gasteiger partial charge in [-0.25, -0.2) is 13.8 Å². The van der Waals surface area contributed by atoms with Crippen molar-refractivity contribution >= 4 is 5.91 Å². The summed E-state index contributed by atoms with van der Waals surface area (Å²) in [6.07, 6.45) is 4.06. The Morgan fingerprint density at radius 3 is 3.00 bits per heavy atom. The van der Waals surface area contributed by atoms with Gasteiger partial charge in [-0.15, -0.1) is 0 Å². The average molecular weight is 297 g/mol. The molecular formula is C12H13F2N5O2. The Balaban J connectivity index is 1.82. The minimum Gasteiger partial charge on any atom is -0.337 e. The molecule has 1 saturated heterocycles. The van der Waals surface area contributed by atoms with Gasteiger partial charge in [0.1, 0.15) is 12.6 Å². The maximum atomic E-state index is 13.7. The molecule has 0 spiro atoms. The molecule has 0 bridgehead atoms. The second kappa shape index (κ2) is 4.90. The summed E-state index contributed by atoms with van der Waals surface area (Å²) in [5, 5.41) is 3.59. The van der Waals surface area contributed by atoms with Crippen LogP contribution in [0.1, 0.15) is 24.2 Å². The van der Waals surface area contributed by atoms with Crippen molar-refractivity contribution in [3.05, 3.63) is 30.4 Å². The van der Waals surface area contributed by atoms with Gasteiger partial charge in [-0.2, -0.15) is 4.98 Å². The molecule has 112 valence electrons. The number of carbonyl (C=O) groups is 1. The van der Waals surface area contributed by atoms with Crippen molar-refractivity contribution in [3.8, 4) is 0 Å². The number of aromatic nitrogens is 4. The summed E-state index contributed by atoms with van der Waals surface area (Å²) in [6, 6.07) is -0.891. The molecule has 0 aromatic carbocycles. The first-order chi connectivity index (χ1) is 9.94. The summed E-state index contributed by atoms with van der Waals surface area (Å²) in [4.78, 5) is 21.1. The van der Waals surface area contributed by atoms with Crippen LogP contribution in [0, 0.1) is 6.92 Å². The summed E-state index contributed by atoms with van der Waals surface area (Å²) in [5.41, 5.74) is 0. The van der Waals surface area contributed by atoms with E-state index in [0.29, 0.717) is 5.82 Å². The summed E-state index contributed by atoms with van der Waals surface area (Å²) in [6.45, 7) is 0.893. The number of carbonyl (C=O) groups excluding carboxylic acids is 1.